The summed E-state index contributed by atoms with van der Waals surface area (Å²) in [7, 11) is 4.88. The van der Waals surface area contributed by atoms with Gasteiger partial charge < -0.3 is 14.2 Å². The molecule has 0 radical (unpaired) electrons. The zero-order valence-electron chi connectivity index (χ0n) is 12.8. The number of fused-ring (bicyclic) bond motifs is 1. The molecule has 3 rings (SSSR count). The van der Waals surface area contributed by atoms with Crippen LogP contribution in [0.5, 0.6) is 17.2 Å². The van der Waals surface area contributed by atoms with E-state index in [-0.39, 0.29) is 0 Å². The van der Waals surface area contributed by atoms with E-state index in [9.17, 15) is 0 Å². The highest BCUT2D eigenvalue weighted by Gasteiger charge is 2.13. The molecule has 1 heterocycles. The molecule has 0 saturated carbocycles. The summed E-state index contributed by atoms with van der Waals surface area (Å²) in [4.78, 5) is 4.74. The molecule has 0 atom stereocenters. The van der Waals surface area contributed by atoms with E-state index in [1.807, 2.05) is 48.5 Å². The molecular formula is C18H17NO3. The summed E-state index contributed by atoms with van der Waals surface area (Å²) in [6, 6.07) is 15.7. The summed E-state index contributed by atoms with van der Waals surface area (Å²) in [6.07, 6.45) is 0. The van der Waals surface area contributed by atoms with Crippen molar-refractivity contribution in [2.24, 2.45) is 0 Å². The average molecular weight is 295 g/mol. The number of hydrogen-bond acceptors (Lipinski definition) is 4. The number of methoxy groups -OCH3 is 3. The fraction of sp³-hybridized carbons (Fsp3) is 0.167. The van der Waals surface area contributed by atoms with E-state index in [1.54, 1.807) is 21.3 Å². The highest BCUT2D eigenvalue weighted by Crippen LogP contribution is 2.36. The van der Waals surface area contributed by atoms with Gasteiger partial charge >= 0.3 is 0 Å². The van der Waals surface area contributed by atoms with Crippen LogP contribution in [0.15, 0.2) is 48.5 Å². The number of pyridine rings is 1. The van der Waals surface area contributed by atoms with Crippen LogP contribution in [-0.2, 0) is 0 Å². The van der Waals surface area contributed by atoms with Crippen LogP contribution >= 0.6 is 0 Å². The second kappa shape index (κ2) is 5.93. The lowest BCUT2D eigenvalue weighted by atomic mass is 10.1. The van der Waals surface area contributed by atoms with E-state index < -0.39 is 0 Å². The topological polar surface area (TPSA) is 40.6 Å². The molecule has 0 aliphatic rings. The van der Waals surface area contributed by atoms with Gasteiger partial charge in [-0.05, 0) is 12.1 Å². The first-order chi connectivity index (χ1) is 10.8. The Hall–Kier alpha value is -2.75. The summed E-state index contributed by atoms with van der Waals surface area (Å²) in [5, 5.41) is 0.939. The Morgan fingerprint density at radius 3 is 1.95 bits per heavy atom. The molecule has 0 spiro atoms. The molecule has 4 nitrogen and oxygen atoms in total. The van der Waals surface area contributed by atoms with Gasteiger partial charge in [0.1, 0.15) is 11.4 Å². The van der Waals surface area contributed by atoms with Crippen molar-refractivity contribution in [2.75, 3.05) is 21.3 Å². The number of benzene rings is 2. The minimum Gasteiger partial charge on any atom is -0.494 e. The van der Waals surface area contributed by atoms with Crippen molar-refractivity contribution in [3.8, 4) is 28.5 Å². The van der Waals surface area contributed by atoms with E-state index in [4.69, 9.17) is 19.2 Å². The lowest BCUT2D eigenvalue weighted by molar-refractivity contribution is 0.355. The number of aromatic nitrogens is 1. The van der Waals surface area contributed by atoms with Gasteiger partial charge in [0, 0.05) is 17.0 Å². The molecule has 0 aliphatic carbocycles. The monoisotopic (exact) mass is 295 g/mol. The smallest absolute Gasteiger partial charge is 0.162 e. The molecule has 3 aromatic rings. The SMILES string of the molecule is COc1cc2cc(OC)c(-c3ccccc3)nc2cc1OC. The minimum absolute atomic E-state index is 0.659. The molecule has 0 unspecified atom stereocenters. The van der Waals surface area contributed by atoms with E-state index >= 15 is 0 Å². The first-order valence-corrected chi connectivity index (χ1v) is 6.93. The molecule has 0 amide bonds. The maximum atomic E-state index is 5.50. The second-order valence-electron chi connectivity index (χ2n) is 4.81. The van der Waals surface area contributed by atoms with Crippen molar-refractivity contribution in [3.63, 3.8) is 0 Å². The number of rotatable bonds is 4. The summed E-state index contributed by atoms with van der Waals surface area (Å²) < 4.78 is 16.2. The molecule has 2 aromatic carbocycles. The van der Waals surface area contributed by atoms with Crippen LogP contribution in [0.1, 0.15) is 0 Å². The first kappa shape index (κ1) is 14.2. The highest BCUT2D eigenvalue weighted by atomic mass is 16.5. The van der Waals surface area contributed by atoms with Crippen molar-refractivity contribution >= 4 is 10.9 Å². The van der Waals surface area contributed by atoms with Gasteiger partial charge in [-0.15, -0.1) is 0 Å². The Balaban J connectivity index is 2.26. The van der Waals surface area contributed by atoms with Gasteiger partial charge in [0.2, 0.25) is 0 Å². The maximum absolute atomic E-state index is 5.50. The van der Waals surface area contributed by atoms with Gasteiger partial charge in [0.25, 0.3) is 0 Å². The summed E-state index contributed by atoms with van der Waals surface area (Å²) in [5.74, 6) is 2.06. The van der Waals surface area contributed by atoms with Crippen molar-refractivity contribution in [1.29, 1.82) is 0 Å². The van der Waals surface area contributed by atoms with Crippen LogP contribution in [0, 0.1) is 0 Å². The van der Waals surface area contributed by atoms with Crippen LogP contribution in [0.4, 0.5) is 0 Å². The Morgan fingerprint density at radius 2 is 1.32 bits per heavy atom. The Bertz CT molecular complexity index is 800. The fourth-order valence-electron chi connectivity index (χ4n) is 2.44. The van der Waals surface area contributed by atoms with E-state index in [1.165, 1.54) is 0 Å². The summed E-state index contributed by atoms with van der Waals surface area (Å²) in [5.41, 5.74) is 2.65. The Labute approximate surface area is 129 Å². The third-order valence-electron chi connectivity index (χ3n) is 3.55. The van der Waals surface area contributed by atoms with E-state index in [2.05, 4.69) is 0 Å². The molecule has 4 heteroatoms. The summed E-state index contributed by atoms with van der Waals surface area (Å²) >= 11 is 0. The van der Waals surface area contributed by atoms with Crippen LogP contribution in [0.25, 0.3) is 22.2 Å². The van der Waals surface area contributed by atoms with Gasteiger partial charge in [0.15, 0.2) is 11.5 Å². The normalized spacial score (nSPS) is 10.5. The fourth-order valence-corrected chi connectivity index (χ4v) is 2.44. The molecule has 22 heavy (non-hydrogen) atoms. The van der Waals surface area contributed by atoms with E-state index in [0.717, 1.165) is 27.9 Å². The first-order valence-electron chi connectivity index (χ1n) is 6.93. The highest BCUT2D eigenvalue weighted by molar-refractivity contribution is 5.87. The van der Waals surface area contributed by atoms with Crippen LogP contribution in [-0.4, -0.2) is 26.3 Å². The predicted molar refractivity (Wildman–Crippen MR) is 86.8 cm³/mol. The standard InChI is InChI=1S/C18H17NO3/c1-20-15-9-13-10-17(22-3)18(12-7-5-4-6-8-12)19-14(13)11-16(15)21-2/h4-11H,1-3H3. The molecule has 0 saturated heterocycles. The Kier molecular flexibility index (Phi) is 3.83. The minimum atomic E-state index is 0.659. The largest absolute Gasteiger partial charge is 0.494 e. The quantitative estimate of drug-likeness (QED) is 0.731. The van der Waals surface area contributed by atoms with Crippen molar-refractivity contribution in [2.45, 2.75) is 0 Å². The molecular weight excluding hydrogens is 278 g/mol. The average Bonchev–Trinajstić information content (AvgIpc) is 2.59. The second-order valence-corrected chi connectivity index (χ2v) is 4.81. The lowest BCUT2D eigenvalue weighted by Crippen LogP contribution is -1.95. The molecule has 0 aliphatic heterocycles. The van der Waals surface area contributed by atoms with Gasteiger partial charge in [-0.1, -0.05) is 30.3 Å². The molecule has 0 fully saturated rings. The third kappa shape index (κ3) is 2.44. The molecule has 112 valence electrons. The Morgan fingerprint density at radius 1 is 0.727 bits per heavy atom. The van der Waals surface area contributed by atoms with Crippen LogP contribution in [0.3, 0.4) is 0 Å². The third-order valence-corrected chi connectivity index (χ3v) is 3.55. The zero-order valence-corrected chi connectivity index (χ0v) is 12.8. The van der Waals surface area contributed by atoms with Gasteiger partial charge in [-0.2, -0.15) is 0 Å². The molecule has 1 aromatic heterocycles. The maximum Gasteiger partial charge on any atom is 0.162 e. The summed E-state index contributed by atoms with van der Waals surface area (Å²) in [6.45, 7) is 0. The van der Waals surface area contributed by atoms with Crippen LogP contribution < -0.4 is 14.2 Å². The van der Waals surface area contributed by atoms with Crippen molar-refractivity contribution in [1.82, 2.24) is 4.98 Å². The number of nitrogens with zero attached hydrogens (tertiary/aromatic N) is 1. The molecule has 0 N–H and O–H groups in total. The molecule has 0 bridgehead atoms. The zero-order chi connectivity index (χ0) is 15.5. The number of ether oxygens (including phenoxy) is 3. The van der Waals surface area contributed by atoms with Gasteiger partial charge in [-0.3, -0.25) is 0 Å². The van der Waals surface area contributed by atoms with Gasteiger partial charge in [-0.25, -0.2) is 4.98 Å². The van der Waals surface area contributed by atoms with E-state index in [0.29, 0.717) is 11.5 Å². The van der Waals surface area contributed by atoms with Crippen molar-refractivity contribution < 1.29 is 14.2 Å². The van der Waals surface area contributed by atoms with Crippen LogP contribution in [0.2, 0.25) is 0 Å². The van der Waals surface area contributed by atoms with Crippen molar-refractivity contribution in [3.05, 3.63) is 48.5 Å². The number of hydrogen-bond donors (Lipinski definition) is 0. The lowest BCUT2D eigenvalue weighted by Gasteiger charge is -2.12. The van der Waals surface area contributed by atoms with Gasteiger partial charge in [0.05, 0.1) is 26.8 Å². The predicted octanol–water partition coefficient (Wildman–Crippen LogP) is 3.93.